The smallest absolute Gasteiger partial charge is 0.115 e. The van der Waals surface area contributed by atoms with Crippen molar-refractivity contribution in [2.75, 3.05) is 6.54 Å². The van der Waals surface area contributed by atoms with E-state index in [1.54, 1.807) is 12.5 Å². The molecule has 0 fully saturated rings. The number of rotatable bonds is 11. The van der Waals surface area contributed by atoms with Crippen LogP contribution in [0.25, 0.3) is 0 Å². The first-order valence-electron chi connectivity index (χ1n) is 7.39. The van der Waals surface area contributed by atoms with Crippen LogP contribution in [0, 0.1) is 0 Å². The van der Waals surface area contributed by atoms with Gasteiger partial charge in [0.15, 0.2) is 0 Å². The number of aromatic nitrogens is 2. The van der Waals surface area contributed by atoms with Crippen LogP contribution in [-0.2, 0) is 6.54 Å². The molecular weight excluding hydrogens is 222 g/mol. The molecule has 1 aromatic rings. The summed E-state index contributed by atoms with van der Waals surface area (Å²) in [6, 6.07) is 1.96. The molecule has 0 aliphatic carbocycles. The number of nitrogens with zero attached hydrogens (tertiary/aromatic N) is 2. The minimum Gasteiger partial charge on any atom is -0.311 e. The monoisotopic (exact) mass is 249 g/mol. The van der Waals surface area contributed by atoms with Crippen molar-refractivity contribution in [3.05, 3.63) is 24.3 Å². The molecular formula is C15H27N3. The highest BCUT2D eigenvalue weighted by Gasteiger charge is 1.93. The Bertz CT molecular complexity index is 274. The summed E-state index contributed by atoms with van der Waals surface area (Å²) in [7, 11) is 0. The Morgan fingerprint density at radius 3 is 2.39 bits per heavy atom. The Kier molecular flexibility index (Phi) is 9.35. The molecule has 0 saturated heterocycles. The lowest BCUT2D eigenvalue weighted by Crippen LogP contribution is -2.15. The lowest BCUT2D eigenvalue weighted by atomic mass is 10.1. The van der Waals surface area contributed by atoms with Crippen molar-refractivity contribution in [3.8, 4) is 0 Å². The quantitative estimate of drug-likeness (QED) is 0.608. The molecule has 3 nitrogen and oxygen atoms in total. The second-order valence-electron chi connectivity index (χ2n) is 4.85. The minimum atomic E-state index is 0.860. The lowest BCUT2D eigenvalue weighted by molar-refractivity contribution is 0.553. The van der Waals surface area contributed by atoms with Gasteiger partial charge in [-0.15, -0.1) is 0 Å². The van der Waals surface area contributed by atoms with Crippen molar-refractivity contribution in [1.82, 2.24) is 15.3 Å². The van der Waals surface area contributed by atoms with Crippen molar-refractivity contribution in [3.63, 3.8) is 0 Å². The fourth-order valence-electron chi connectivity index (χ4n) is 2.02. The van der Waals surface area contributed by atoms with Crippen molar-refractivity contribution in [2.24, 2.45) is 0 Å². The topological polar surface area (TPSA) is 37.8 Å². The zero-order valence-electron chi connectivity index (χ0n) is 11.7. The fraction of sp³-hybridized carbons (Fsp3) is 0.733. The fourth-order valence-corrected chi connectivity index (χ4v) is 2.02. The SMILES string of the molecule is CCCCCCCCCCNCc1ccncn1. The van der Waals surface area contributed by atoms with E-state index in [0.29, 0.717) is 0 Å². The Morgan fingerprint density at radius 2 is 1.72 bits per heavy atom. The first kappa shape index (κ1) is 15.1. The number of unbranched alkanes of at least 4 members (excludes halogenated alkanes) is 7. The van der Waals surface area contributed by atoms with E-state index in [9.17, 15) is 0 Å². The molecule has 0 spiro atoms. The van der Waals surface area contributed by atoms with Crippen LogP contribution >= 0.6 is 0 Å². The summed E-state index contributed by atoms with van der Waals surface area (Å²) in [5.41, 5.74) is 1.07. The molecule has 0 bridgehead atoms. The van der Waals surface area contributed by atoms with E-state index in [1.807, 2.05) is 6.07 Å². The van der Waals surface area contributed by atoms with Crippen LogP contribution in [0.15, 0.2) is 18.6 Å². The van der Waals surface area contributed by atoms with Gasteiger partial charge in [-0.25, -0.2) is 9.97 Å². The van der Waals surface area contributed by atoms with Gasteiger partial charge < -0.3 is 5.32 Å². The van der Waals surface area contributed by atoms with Gasteiger partial charge in [0.2, 0.25) is 0 Å². The van der Waals surface area contributed by atoms with Crippen LogP contribution in [0.4, 0.5) is 0 Å². The van der Waals surface area contributed by atoms with Gasteiger partial charge in [-0.3, -0.25) is 0 Å². The van der Waals surface area contributed by atoms with E-state index in [2.05, 4.69) is 22.2 Å². The molecule has 0 aromatic carbocycles. The Morgan fingerprint density at radius 1 is 1.00 bits per heavy atom. The molecule has 0 unspecified atom stereocenters. The van der Waals surface area contributed by atoms with E-state index in [4.69, 9.17) is 0 Å². The van der Waals surface area contributed by atoms with E-state index >= 15 is 0 Å². The first-order valence-corrected chi connectivity index (χ1v) is 7.39. The van der Waals surface area contributed by atoms with Gasteiger partial charge in [0.1, 0.15) is 6.33 Å². The maximum absolute atomic E-state index is 4.18. The van der Waals surface area contributed by atoms with Crippen molar-refractivity contribution < 1.29 is 0 Å². The Balaban J connectivity index is 1.82. The van der Waals surface area contributed by atoms with Crippen LogP contribution in [0.1, 0.15) is 64.0 Å². The molecule has 1 rings (SSSR count). The van der Waals surface area contributed by atoms with Crippen LogP contribution in [0.5, 0.6) is 0 Å². The van der Waals surface area contributed by atoms with Crippen molar-refractivity contribution in [1.29, 1.82) is 0 Å². The number of hydrogen-bond donors (Lipinski definition) is 1. The zero-order valence-corrected chi connectivity index (χ0v) is 11.7. The standard InChI is InChI=1S/C15H27N3/c1-2-3-4-5-6-7-8-9-11-16-13-15-10-12-17-14-18-15/h10,12,14,16H,2-9,11,13H2,1H3. The summed E-state index contributed by atoms with van der Waals surface area (Å²) in [6.07, 6.45) is 14.4. The average molecular weight is 249 g/mol. The predicted molar refractivity (Wildman–Crippen MR) is 76.3 cm³/mol. The van der Waals surface area contributed by atoms with E-state index in [-0.39, 0.29) is 0 Å². The second-order valence-corrected chi connectivity index (χ2v) is 4.85. The maximum Gasteiger partial charge on any atom is 0.115 e. The first-order chi connectivity index (χ1) is 8.93. The van der Waals surface area contributed by atoms with Gasteiger partial charge in [-0.2, -0.15) is 0 Å². The third kappa shape index (κ3) is 8.18. The molecule has 1 N–H and O–H groups in total. The number of nitrogens with one attached hydrogen (secondary N) is 1. The van der Waals surface area contributed by atoms with Gasteiger partial charge in [0.25, 0.3) is 0 Å². The summed E-state index contributed by atoms with van der Waals surface area (Å²) in [4.78, 5) is 8.09. The van der Waals surface area contributed by atoms with Crippen LogP contribution in [0.2, 0.25) is 0 Å². The third-order valence-corrected chi connectivity index (χ3v) is 3.16. The van der Waals surface area contributed by atoms with Gasteiger partial charge >= 0.3 is 0 Å². The van der Waals surface area contributed by atoms with Gasteiger partial charge in [0, 0.05) is 12.7 Å². The molecule has 0 amide bonds. The summed E-state index contributed by atoms with van der Waals surface area (Å²) in [6.45, 7) is 4.22. The molecule has 0 atom stereocenters. The molecule has 0 aliphatic heterocycles. The maximum atomic E-state index is 4.18. The summed E-state index contributed by atoms with van der Waals surface area (Å²) >= 11 is 0. The number of hydrogen-bond acceptors (Lipinski definition) is 3. The molecule has 0 aliphatic rings. The second kappa shape index (κ2) is 11.1. The van der Waals surface area contributed by atoms with Gasteiger partial charge in [-0.1, -0.05) is 51.9 Å². The largest absolute Gasteiger partial charge is 0.311 e. The van der Waals surface area contributed by atoms with Crippen LogP contribution < -0.4 is 5.32 Å². The predicted octanol–water partition coefficient (Wildman–Crippen LogP) is 3.71. The van der Waals surface area contributed by atoms with Crippen molar-refractivity contribution in [2.45, 2.75) is 64.8 Å². The van der Waals surface area contributed by atoms with Gasteiger partial charge in [0.05, 0.1) is 5.69 Å². The summed E-state index contributed by atoms with van der Waals surface area (Å²) in [5, 5.41) is 3.42. The molecule has 1 heterocycles. The molecule has 102 valence electrons. The molecule has 1 aromatic heterocycles. The Hall–Kier alpha value is -0.960. The molecule has 18 heavy (non-hydrogen) atoms. The summed E-state index contributed by atoms with van der Waals surface area (Å²) in [5.74, 6) is 0. The highest BCUT2D eigenvalue weighted by atomic mass is 14.9. The zero-order chi connectivity index (χ0) is 12.9. The van der Waals surface area contributed by atoms with Crippen molar-refractivity contribution >= 4 is 0 Å². The molecule has 0 radical (unpaired) electrons. The minimum absolute atomic E-state index is 0.860. The van der Waals surface area contributed by atoms with Crippen LogP contribution in [-0.4, -0.2) is 16.5 Å². The van der Waals surface area contributed by atoms with E-state index in [1.165, 1.54) is 51.4 Å². The van der Waals surface area contributed by atoms with E-state index < -0.39 is 0 Å². The summed E-state index contributed by atoms with van der Waals surface area (Å²) < 4.78 is 0. The average Bonchev–Trinajstić information content (AvgIpc) is 2.42. The highest BCUT2D eigenvalue weighted by Crippen LogP contribution is 2.07. The highest BCUT2D eigenvalue weighted by molar-refractivity contribution is 4.96. The molecule has 0 saturated carbocycles. The third-order valence-electron chi connectivity index (χ3n) is 3.16. The Labute approximate surface area is 111 Å². The normalized spacial score (nSPS) is 10.7. The molecule has 3 heteroatoms. The van der Waals surface area contributed by atoms with E-state index in [0.717, 1.165) is 18.8 Å². The lowest BCUT2D eigenvalue weighted by Gasteiger charge is -2.04. The van der Waals surface area contributed by atoms with Gasteiger partial charge in [-0.05, 0) is 19.0 Å². The van der Waals surface area contributed by atoms with Crippen LogP contribution in [0.3, 0.4) is 0 Å².